The minimum atomic E-state index is -0.247. The Hall–Kier alpha value is -2.95. The van der Waals surface area contributed by atoms with Crippen molar-refractivity contribution in [3.05, 3.63) is 58.8 Å². The molecule has 28 heavy (non-hydrogen) atoms. The van der Waals surface area contributed by atoms with Gasteiger partial charge in [0.15, 0.2) is 6.17 Å². The Kier molecular flexibility index (Phi) is 4.53. The third kappa shape index (κ3) is 2.91. The first-order chi connectivity index (χ1) is 13.4. The molecule has 0 fully saturated rings. The Morgan fingerprint density at radius 3 is 2.50 bits per heavy atom. The lowest BCUT2D eigenvalue weighted by atomic mass is 9.97. The molecule has 5 nitrogen and oxygen atoms in total. The van der Waals surface area contributed by atoms with Gasteiger partial charge in [0.1, 0.15) is 5.75 Å². The van der Waals surface area contributed by atoms with Crippen LogP contribution in [0.4, 0.5) is 11.4 Å². The predicted molar refractivity (Wildman–Crippen MR) is 115 cm³/mol. The van der Waals surface area contributed by atoms with Crippen molar-refractivity contribution < 1.29 is 5.11 Å². The standard InChI is InChI=1S/C23H28N4O/c1-6-26(7-2)17-8-9-18(21(28)13-17)23-24-22-15(4)10-14(3)11-19(22)20-12-16(5)25-27(20)23/h8-13,23-24,28H,6-7H2,1-5H3. The van der Waals surface area contributed by atoms with E-state index in [0.29, 0.717) is 0 Å². The molecule has 0 saturated carbocycles. The molecule has 1 atom stereocenters. The molecule has 5 heteroatoms. The van der Waals surface area contributed by atoms with Gasteiger partial charge in [-0.3, -0.25) is 0 Å². The van der Waals surface area contributed by atoms with Gasteiger partial charge in [-0.25, -0.2) is 4.68 Å². The highest BCUT2D eigenvalue weighted by Crippen LogP contribution is 2.43. The van der Waals surface area contributed by atoms with Crippen LogP contribution in [0.2, 0.25) is 0 Å². The molecule has 0 bridgehead atoms. The van der Waals surface area contributed by atoms with E-state index in [1.807, 2.05) is 23.7 Å². The minimum absolute atomic E-state index is 0.247. The van der Waals surface area contributed by atoms with Gasteiger partial charge in [0, 0.05) is 41.7 Å². The maximum absolute atomic E-state index is 10.9. The molecule has 0 amide bonds. The first kappa shape index (κ1) is 18.4. The summed E-state index contributed by atoms with van der Waals surface area (Å²) < 4.78 is 1.99. The Balaban J connectivity index is 1.83. The summed E-state index contributed by atoms with van der Waals surface area (Å²) in [5.41, 5.74) is 8.60. The third-order valence-corrected chi connectivity index (χ3v) is 5.58. The largest absolute Gasteiger partial charge is 0.507 e. The van der Waals surface area contributed by atoms with Gasteiger partial charge in [-0.05, 0) is 64.4 Å². The van der Waals surface area contributed by atoms with Gasteiger partial charge in [0.25, 0.3) is 0 Å². The highest BCUT2D eigenvalue weighted by Gasteiger charge is 2.29. The van der Waals surface area contributed by atoms with Crippen LogP contribution in [0.15, 0.2) is 36.4 Å². The van der Waals surface area contributed by atoms with Crippen LogP contribution in [-0.2, 0) is 0 Å². The number of anilines is 2. The van der Waals surface area contributed by atoms with Crippen LogP contribution in [0.5, 0.6) is 5.75 Å². The summed E-state index contributed by atoms with van der Waals surface area (Å²) in [6, 6.07) is 12.4. The van der Waals surface area contributed by atoms with Gasteiger partial charge < -0.3 is 15.3 Å². The van der Waals surface area contributed by atoms with Crippen molar-refractivity contribution >= 4 is 11.4 Å². The molecule has 1 unspecified atom stereocenters. The summed E-state index contributed by atoms with van der Waals surface area (Å²) in [5.74, 6) is 0.286. The van der Waals surface area contributed by atoms with Crippen molar-refractivity contribution in [2.75, 3.05) is 23.3 Å². The Morgan fingerprint density at radius 1 is 1.07 bits per heavy atom. The number of phenols is 1. The van der Waals surface area contributed by atoms with Crippen LogP contribution in [0, 0.1) is 20.8 Å². The van der Waals surface area contributed by atoms with Gasteiger partial charge in [-0.1, -0.05) is 11.6 Å². The minimum Gasteiger partial charge on any atom is -0.507 e. The van der Waals surface area contributed by atoms with Gasteiger partial charge in [0.2, 0.25) is 0 Å². The molecule has 2 aromatic carbocycles. The second-order valence-electron chi connectivity index (χ2n) is 7.58. The summed E-state index contributed by atoms with van der Waals surface area (Å²) in [4.78, 5) is 2.23. The van der Waals surface area contributed by atoms with E-state index in [4.69, 9.17) is 5.10 Å². The van der Waals surface area contributed by atoms with E-state index in [9.17, 15) is 5.11 Å². The average molecular weight is 377 g/mol. The van der Waals surface area contributed by atoms with E-state index in [2.05, 4.69) is 62.2 Å². The highest BCUT2D eigenvalue weighted by molar-refractivity contribution is 5.82. The van der Waals surface area contributed by atoms with E-state index in [1.165, 1.54) is 11.1 Å². The van der Waals surface area contributed by atoms with Crippen LogP contribution in [0.3, 0.4) is 0 Å². The fourth-order valence-electron chi connectivity index (χ4n) is 4.23. The molecule has 4 rings (SSSR count). The van der Waals surface area contributed by atoms with E-state index in [1.54, 1.807) is 0 Å². The molecular formula is C23H28N4O. The molecular weight excluding hydrogens is 348 g/mol. The molecule has 0 saturated heterocycles. The second-order valence-corrected chi connectivity index (χ2v) is 7.58. The zero-order chi connectivity index (χ0) is 20.0. The molecule has 1 aliphatic rings. The number of hydrogen-bond acceptors (Lipinski definition) is 4. The van der Waals surface area contributed by atoms with Crippen molar-refractivity contribution in [2.24, 2.45) is 0 Å². The predicted octanol–water partition coefficient (Wildman–Crippen LogP) is 5.00. The number of hydrogen-bond donors (Lipinski definition) is 2. The number of fused-ring (bicyclic) bond motifs is 3. The Morgan fingerprint density at radius 2 is 1.82 bits per heavy atom. The lowest BCUT2D eigenvalue weighted by Crippen LogP contribution is -2.27. The molecule has 2 N–H and O–H groups in total. The lowest BCUT2D eigenvalue weighted by Gasteiger charge is -2.31. The topological polar surface area (TPSA) is 53.3 Å². The summed E-state index contributed by atoms with van der Waals surface area (Å²) in [6.45, 7) is 12.3. The van der Waals surface area contributed by atoms with Gasteiger partial charge in [-0.15, -0.1) is 0 Å². The van der Waals surface area contributed by atoms with Crippen LogP contribution >= 0.6 is 0 Å². The lowest BCUT2D eigenvalue weighted by molar-refractivity contribution is 0.452. The third-order valence-electron chi connectivity index (χ3n) is 5.58. The fraction of sp³-hybridized carbons (Fsp3) is 0.348. The summed E-state index contributed by atoms with van der Waals surface area (Å²) in [6.07, 6.45) is -0.247. The van der Waals surface area contributed by atoms with Gasteiger partial charge in [-0.2, -0.15) is 5.10 Å². The monoisotopic (exact) mass is 376 g/mol. The summed E-state index contributed by atoms with van der Waals surface area (Å²) in [7, 11) is 0. The molecule has 2 heterocycles. The molecule has 0 spiro atoms. The smallest absolute Gasteiger partial charge is 0.150 e. The van der Waals surface area contributed by atoms with Crippen molar-refractivity contribution in [1.82, 2.24) is 9.78 Å². The Labute approximate surface area is 166 Å². The second kappa shape index (κ2) is 6.89. The number of benzene rings is 2. The van der Waals surface area contributed by atoms with Gasteiger partial charge >= 0.3 is 0 Å². The maximum Gasteiger partial charge on any atom is 0.150 e. The van der Waals surface area contributed by atoms with Crippen LogP contribution in [-0.4, -0.2) is 28.0 Å². The number of rotatable bonds is 4. The first-order valence-corrected chi connectivity index (χ1v) is 9.95. The molecule has 1 aromatic heterocycles. The van der Waals surface area contributed by atoms with Crippen molar-refractivity contribution in [3.8, 4) is 17.0 Å². The fourth-order valence-corrected chi connectivity index (χ4v) is 4.23. The van der Waals surface area contributed by atoms with Crippen LogP contribution in [0.25, 0.3) is 11.3 Å². The summed E-state index contributed by atoms with van der Waals surface area (Å²) in [5, 5.41) is 19.2. The molecule has 146 valence electrons. The number of aryl methyl sites for hydroxylation is 3. The first-order valence-electron chi connectivity index (χ1n) is 9.95. The van der Waals surface area contributed by atoms with Gasteiger partial charge in [0.05, 0.1) is 11.4 Å². The van der Waals surface area contributed by atoms with E-state index in [-0.39, 0.29) is 11.9 Å². The zero-order valence-electron chi connectivity index (χ0n) is 17.2. The number of aromatic hydroxyl groups is 1. The highest BCUT2D eigenvalue weighted by atomic mass is 16.3. The maximum atomic E-state index is 10.9. The van der Waals surface area contributed by atoms with Crippen LogP contribution in [0.1, 0.15) is 42.4 Å². The number of aromatic nitrogens is 2. The van der Waals surface area contributed by atoms with Crippen molar-refractivity contribution in [1.29, 1.82) is 0 Å². The molecule has 0 radical (unpaired) electrons. The quantitative estimate of drug-likeness (QED) is 0.673. The normalized spacial score (nSPS) is 15.0. The summed E-state index contributed by atoms with van der Waals surface area (Å²) >= 11 is 0. The van der Waals surface area contributed by atoms with E-state index < -0.39 is 0 Å². The number of nitrogens with one attached hydrogen (secondary N) is 1. The number of phenolic OH excluding ortho intramolecular Hbond substituents is 1. The number of nitrogens with zero attached hydrogens (tertiary/aromatic N) is 3. The van der Waals surface area contributed by atoms with Crippen molar-refractivity contribution in [3.63, 3.8) is 0 Å². The van der Waals surface area contributed by atoms with E-state index in [0.717, 1.165) is 47.0 Å². The molecule has 1 aliphatic heterocycles. The average Bonchev–Trinajstić information content (AvgIpc) is 3.05. The molecule has 0 aliphatic carbocycles. The molecule has 3 aromatic rings. The van der Waals surface area contributed by atoms with Crippen molar-refractivity contribution in [2.45, 2.75) is 40.8 Å². The van der Waals surface area contributed by atoms with Crippen LogP contribution < -0.4 is 10.2 Å². The van der Waals surface area contributed by atoms with E-state index >= 15 is 0 Å². The SMILES string of the molecule is CCN(CC)c1ccc(C2Nc3c(C)cc(C)cc3-c3cc(C)nn32)c(O)c1. The Bertz CT molecular complexity index is 1030. The zero-order valence-corrected chi connectivity index (χ0v) is 17.2.